The van der Waals surface area contributed by atoms with E-state index < -0.39 is 11.7 Å². The number of nitrogens with zero attached hydrogens (tertiary/aromatic N) is 2. The van der Waals surface area contributed by atoms with Crippen molar-refractivity contribution in [1.82, 2.24) is 15.1 Å². The molecule has 102 valence electrons. The normalized spacial score (nSPS) is 13.2. The lowest BCUT2D eigenvalue weighted by Gasteiger charge is -2.20. The summed E-state index contributed by atoms with van der Waals surface area (Å²) in [7, 11) is 1.83. The van der Waals surface area contributed by atoms with Crippen LogP contribution >= 0.6 is 0 Å². The number of aryl methyl sites for hydroxylation is 2. The van der Waals surface area contributed by atoms with Crippen molar-refractivity contribution >= 4 is 6.09 Å². The van der Waals surface area contributed by atoms with E-state index in [-0.39, 0.29) is 6.04 Å². The average molecular weight is 254 g/mol. The highest BCUT2D eigenvalue weighted by Gasteiger charge is 2.18. The molecule has 6 nitrogen and oxygen atoms in total. The molecule has 1 atom stereocenters. The van der Waals surface area contributed by atoms with Crippen LogP contribution in [0.25, 0.3) is 0 Å². The molecule has 1 amide bonds. The van der Waals surface area contributed by atoms with Gasteiger partial charge in [0.1, 0.15) is 5.60 Å². The summed E-state index contributed by atoms with van der Waals surface area (Å²) in [6, 6.07) is 1.60. The topological polar surface area (TPSA) is 82.2 Å². The number of nitrogens with two attached hydrogens (primary N) is 1. The molecule has 6 heteroatoms. The molecule has 0 aliphatic rings. The van der Waals surface area contributed by atoms with E-state index in [1.54, 1.807) is 4.68 Å². The number of hydrogen-bond donors (Lipinski definition) is 2. The molecule has 0 radical (unpaired) electrons. The monoisotopic (exact) mass is 254 g/mol. The third kappa shape index (κ3) is 4.37. The highest BCUT2D eigenvalue weighted by atomic mass is 16.6. The molecule has 0 aliphatic carbocycles. The third-order valence-corrected chi connectivity index (χ3v) is 2.28. The number of ether oxygens (including phenoxy) is 1. The fraction of sp³-hybridized carbons (Fsp3) is 0.667. The van der Waals surface area contributed by atoms with Gasteiger partial charge in [0.15, 0.2) is 0 Å². The highest BCUT2D eigenvalue weighted by molar-refractivity contribution is 5.67. The quantitative estimate of drug-likeness (QED) is 0.850. The van der Waals surface area contributed by atoms with Crippen LogP contribution in [0.5, 0.6) is 0 Å². The van der Waals surface area contributed by atoms with E-state index in [2.05, 4.69) is 10.4 Å². The van der Waals surface area contributed by atoms with Crippen molar-refractivity contribution in [3.63, 3.8) is 0 Å². The molecule has 1 unspecified atom stereocenters. The Bertz CT molecular complexity index is 420. The van der Waals surface area contributed by atoms with Gasteiger partial charge >= 0.3 is 6.09 Å². The molecule has 0 aromatic carbocycles. The van der Waals surface area contributed by atoms with Crippen LogP contribution in [0.4, 0.5) is 4.79 Å². The van der Waals surface area contributed by atoms with Crippen LogP contribution in [0, 0.1) is 6.92 Å². The van der Waals surface area contributed by atoms with Gasteiger partial charge in [-0.05, 0) is 33.8 Å². The number of aromatic nitrogens is 2. The lowest BCUT2D eigenvalue weighted by Crippen LogP contribution is -2.37. The largest absolute Gasteiger partial charge is 0.444 e. The van der Waals surface area contributed by atoms with E-state index in [0.717, 1.165) is 11.4 Å². The molecule has 1 rings (SSSR count). The second-order valence-corrected chi connectivity index (χ2v) is 5.32. The van der Waals surface area contributed by atoms with E-state index in [1.807, 2.05) is 40.8 Å². The Morgan fingerprint density at radius 1 is 1.61 bits per heavy atom. The standard InChI is InChI=1S/C12H22N4O2/c1-8-6-10(16(5)15-8)9(13)7-14-11(17)18-12(2,3)4/h6,9H,7,13H2,1-5H3,(H,14,17). The zero-order valence-corrected chi connectivity index (χ0v) is 11.7. The van der Waals surface area contributed by atoms with Gasteiger partial charge in [-0.2, -0.15) is 5.10 Å². The maximum atomic E-state index is 11.5. The van der Waals surface area contributed by atoms with Crippen LogP contribution in [-0.4, -0.2) is 28.0 Å². The minimum absolute atomic E-state index is 0.302. The molecule has 0 bridgehead atoms. The first-order valence-electron chi connectivity index (χ1n) is 5.92. The average Bonchev–Trinajstić information content (AvgIpc) is 2.52. The summed E-state index contributed by atoms with van der Waals surface area (Å²) in [5.74, 6) is 0. The van der Waals surface area contributed by atoms with E-state index in [9.17, 15) is 4.79 Å². The van der Waals surface area contributed by atoms with Gasteiger partial charge in [0, 0.05) is 13.6 Å². The van der Waals surface area contributed by atoms with Crippen molar-refractivity contribution in [3.05, 3.63) is 17.5 Å². The fourth-order valence-corrected chi connectivity index (χ4v) is 1.59. The number of nitrogens with one attached hydrogen (secondary N) is 1. The van der Waals surface area contributed by atoms with Crippen LogP contribution in [0.15, 0.2) is 6.07 Å². The van der Waals surface area contributed by atoms with Gasteiger partial charge in [-0.3, -0.25) is 4.68 Å². The zero-order chi connectivity index (χ0) is 13.9. The van der Waals surface area contributed by atoms with Gasteiger partial charge < -0.3 is 15.8 Å². The van der Waals surface area contributed by atoms with Crippen LogP contribution < -0.4 is 11.1 Å². The molecule has 18 heavy (non-hydrogen) atoms. The highest BCUT2D eigenvalue weighted by Crippen LogP contribution is 2.11. The number of rotatable bonds is 3. The number of amides is 1. The van der Waals surface area contributed by atoms with E-state index in [0.29, 0.717) is 6.54 Å². The summed E-state index contributed by atoms with van der Waals surface area (Å²) in [5, 5.41) is 6.86. The van der Waals surface area contributed by atoms with Gasteiger partial charge in [0.05, 0.1) is 17.4 Å². The lowest BCUT2D eigenvalue weighted by molar-refractivity contribution is 0.0524. The number of carbonyl (C=O) groups is 1. The predicted molar refractivity (Wildman–Crippen MR) is 69.1 cm³/mol. The van der Waals surface area contributed by atoms with Crippen LogP contribution in [0.3, 0.4) is 0 Å². The third-order valence-electron chi connectivity index (χ3n) is 2.28. The maximum Gasteiger partial charge on any atom is 0.407 e. The minimum Gasteiger partial charge on any atom is -0.444 e. The maximum absolute atomic E-state index is 11.5. The van der Waals surface area contributed by atoms with Crippen molar-refractivity contribution in [2.75, 3.05) is 6.54 Å². The smallest absolute Gasteiger partial charge is 0.407 e. The Morgan fingerprint density at radius 2 is 2.22 bits per heavy atom. The van der Waals surface area contributed by atoms with Gasteiger partial charge in [-0.25, -0.2) is 4.79 Å². The van der Waals surface area contributed by atoms with Crippen LogP contribution in [-0.2, 0) is 11.8 Å². The molecule has 1 aromatic heterocycles. The van der Waals surface area contributed by atoms with E-state index in [4.69, 9.17) is 10.5 Å². The second-order valence-electron chi connectivity index (χ2n) is 5.32. The Labute approximate surface area is 107 Å². The summed E-state index contributed by atoms with van der Waals surface area (Å²) in [6.07, 6.45) is -0.461. The molecule has 0 saturated carbocycles. The Balaban J connectivity index is 2.49. The second kappa shape index (κ2) is 5.39. The van der Waals surface area contributed by atoms with Crippen LogP contribution in [0.2, 0.25) is 0 Å². The SMILES string of the molecule is Cc1cc(C(N)CNC(=O)OC(C)(C)C)n(C)n1. The van der Waals surface area contributed by atoms with Crippen molar-refractivity contribution in [3.8, 4) is 0 Å². The molecule has 1 aromatic rings. The Kier molecular flexibility index (Phi) is 4.34. The first-order valence-corrected chi connectivity index (χ1v) is 5.92. The predicted octanol–water partition coefficient (Wildman–Crippen LogP) is 1.25. The molecule has 0 aliphatic heterocycles. The number of hydrogen-bond acceptors (Lipinski definition) is 4. The van der Waals surface area contributed by atoms with Gasteiger partial charge in [0.25, 0.3) is 0 Å². The van der Waals surface area contributed by atoms with Gasteiger partial charge in [-0.15, -0.1) is 0 Å². The van der Waals surface area contributed by atoms with Crippen molar-refractivity contribution < 1.29 is 9.53 Å². The van der Waals surface area contributed by atoms with Crippen molar-refractivity contribution in [2.45, 2.75) is 39.3 Å². The number of carbonyl (C=O) groups excluding carboxylic acids is 1. The summed E-state index contributed by atoms with van der Waals surface area (Å²) in [6.45, 7) is 7.66. The molecule has 1 heterocycles. The van der Waals surface area contributed by atoms with Crippen molar-refractivity contribution in [1.29, 1.82) is 0 Å². The molecule has 0 spiro atoms. The first-order chi connectivity index (χ1) is 8.19. The van der Waals surface area contributed by atoms with Gasteiger partial charge in [-0.1, -0.05) is 0 Å². The fourth-order valence-electron chi connectivity index (χ4n) is 1.59. The zero-order valence-electron chi connectivity index (χ0n) is 11.7. The lowest BCUT2D eigenvalue weighted by atomic mass is 10.2. The Hall–Kier alpha value is -1.56. The van der Waals surface area contributed by atoms with E-state index >= 15 is 0 Å². The number of alkyl carbamates (subject to hydrolysis) is 1. The first kappa shape index (κ1) is 14.5. The molecule has 0 saturated heterocycles. The summed E-state index contributed by atoms with van der Waals surface area (Å²) >= 11 is 0. The molecule has 3 N–H and O–H groups in total. The molecule has 0 fully saturated rings. The van der Waals surface area contributed by atoms with Crippen LogP contribution in [0.1, 0.15) is 38.2 Å². The van der Waals surface area contributed by atoms with E-state index in [1.165, 1.54) is 0 Å². The summed E-state index contributed by atoms with van der Waals surface area (Å²) < 4.78 is 6.85. The summed E-state index contributed by atoms with van der Waals surface area (Å²) in [4.78, 5) is 11.5. The summed E-state index contributed by atoms with van der Waals surface area (Å²) in [5.41, 5.74) is 7.27. The molecular formula is C12H22N4O2. The van der Waals surface area contributed by atoms with Crippen molar-refractivity contribution in [2.24, 2.45) is 12.8 Å². The molecular weight excluding hydrogens is 232 g/mol. The Morgan fingerprint density at radius 3 is 2.67 bits per heavy atom. The minimum atomic E-state index is -0.503. The van der Waals surface area contributed by atoms with Gasteiger partial charge in [0.2, 0.25) is 0 Å².